The van der Waals surface area contributed by atoms with Crippen molar-refractivity contribution in [1.29, 1.82) is 5.26 Å². The first-order valence-corrected chi connectivity index (χ1v) is 5.15. The summed E-state index contributed by atoms with van der Waals surface area (Å²) in [6.45, 7) is 0.939. The Hall–Kier alpha value is -1.82. The fourth-order valence-electron chi connectivity index (χ4n) is 1.61. The van der Waals surface area contributed by atoms with Gasteiger partial charge in [-0.05, 0) is 24.1 Å². The van der Waals surface area contributed by atoms with Gasteiger partial charge in [0, 0.05) is 18.7 Å². The largest absolute Gasteiger partial charge is 0.344 e. The van der Waals surface area contributed by atoms with Gasteiger partial charge in [-0.25, -0.2) is 0 Å². The molecule has 1 aromatic rings. The molecule has 0 radical (unpaired) electrons. The van der Waals surface area contributed by atoms with Crippen molar-refractivity contribution in [3.63, 3.8) is 0 Å². The van der Waals surface area contributed by atoms with Crippen molar-refractivity contribution in [2.75, 3.05) is 11.9 Å². The fourth-order valence-corrected chi connectivity index (χ4v) is 1.61. The van der Waals surface area contributed by atoms with Crippen LogP contribution in [0.3, 0.4) is 0 Å². The minimum absolute atomic E-state index is 0.473. The van der Waals surface area contributed by atoms with Gasteiger partial charge in [0.05, 0.1) is 12.5 Å². The number of amidine groups is 1. The average Bonchev–Trinajstić information content (AvgIpc) is 2.74. The van der Waals surface area contributed by atoms with Gasteiger partial charge in [0.2, 0.25) is 0 Å². The molecule has 0 fully saturated rings. The maximum Gasteiger partial charge on any atom is 0.101 e. The molecule has 1 N–H and O–H groups in total. The first-order valence-electron chi connectivity index (χ1n) is 5.15. The second-order valence-electron chi connectivity index (χ2n) is 3.59. The molecule has 0 aromatic heterocycles. The van der Waals surface area contributed by atoms with Crippen LogP contribution >= 0.6 is 0 Å². The molecule has 0 amide bonds. The maximum atomic E-state index is 8.53. The number of nitrogens with zero attached hydrogens (tertiary/aromatic N) is 2. The van der Waals surface area contributed by atoms with Crippen LogP contribution in [0, 0.1) is 11.3 Å². The summed E-state index contributed by atoms with van der Waals surface area (Å²) in [7, 11) is 0. The number of rotatable bonds is 2. The van der Waals surface area contributed by atoms with E-state index in [1.807, 2.05) is 24.3 Å². The molecule has 1 aliphatic heterocycles. The summed E-state index contributed by atoms with van der Waals surface area (Å²) < 4.78 is 0. The highest BCUT2D eigenvalue weighted by Crippen LogP contribution is 2.12. The van der Waals surface area contributed by atoms with Crippen molar-refractivity contribution in [3.8, 4) is 6.07 Å². The third kappa shape index (κ3) is 2.57. The first-order chi connectivity index (χ1) is 7.38. The van der Waals surface area contributed by atoms with Crippen molar-refractivity contribution in [1.82, 2.24) is 0 Å². The predicted molar refractivity (Wildman–Crippen MR) is 60.9 cm³/mol. The van der Waals surface area contributed by atoms with E-state index >= 15 is 0 Å². The summed E-state index contributed by atoms with van der Waals surface area (Å²) in [5, 5.41) is 11.8. The Morgan fingerprint density at radius 3 is 2.73 bits per heavy atom. The lowest BCUT2D eigenvalue weighted by Gasteiger charge is -2.05. The number of nitrogens with one attached hydrogen (secondary N) is 1. The van der Waals surface area contributed by atoms with E-state index in [1.54, 1.807) is 0 Å². The van der Waals surface area contributed by atoms with E-state index in [9.17, 15) is 0 Å². The third-order valence-corrected chi connectivity index (χ3v) is 2.40. The quantitative estimate of drug-likeness (QED) is 0.794. The second-order valence-corrected chi connectivity index (χ2v) is 3.59. The van der Waals surface area contributed by atoms with E-state index in [1.165, 1.54) is 0 Å². The van der Waals surface area contributed by atoms with Crippen LogP contribution in [0.25, 0.3) is 0 Å². The lowest BCUT2D eigenvalue weighted by Crippen LogP contribution is -2.07. The van der Waals surface area contributed by atoms with E-state index in [0.29, 0.717) is 6.42 Å². The second kappa shape index (κ2) is 4.61. The van der Waals surface area contributed by atoms with Crippen molar-refractivity contribution < 1.29 is 0 Å². The number of hydrogen-bond acceptors (Lipinski definition) is 3. The highest BCUT2D eigenvalue weighted by Gasteiger charge is 2.05. The molecule has 76 valence electrons. The fraction of sp³-hybridized carbons (Fsp3) is 0.333. The summed E-state index contributed by atoms with van der Waals surface area (Å²) in [6.07, 6.45) is 2.66. The van der Waals surface area contributed by atoms with Crippen molar-refractivity contribution in [2.24, 2.45) is 4.99 Å². The number of hydrogen-bond donors (Lipinski definition) is 1. The number of nitriles is 1. The van der Waals surface area contributed by atoms with E-state index < -0.39 is 0 Å². The van der Waals surface area contributed by atoms with Crippen LogP contribution in [-0.4, -0.2) is 12.4 Å². The maximum absolute atomic E-state index is 8.53. The van der Waals surface area contributed by atoms with Crippen LogP contribution in [0.2, 0.25) is 0 Å². The molecule has 1 heterocycles. The first kappa shape index (κ1) is 9.72. The molecule has 1 aromatic carbocycles. The Kier molecular flexibility index (Phi) is 2.99. The molecule has 1 aliphatic rings. The highest BCUT2D eigenvalue weighted by atomic mass is 15.0. The normalized spacial score (nSPS) is 14.5. The van der Waals surface area contributed by atoms with E-state index in [-0.39, 0.29) is 0 Å². The standard InChI is InChI=1S/C12H13N3/c13-8-7-10-3-5-11(6-4-10)15-12-2-1-9-14-12/h3-6H,1-2,7,9H2,(H,14,15). The molecular weight excluding hydrogens is 186 g/mol. The monoisotopic (exact) mass is 199 g/mol. The number of anilines is 1. The van der Waals surface area contributed by atoms with Gasteiger partial charge >= 0.3 is 0 Å². The molecule has 3 nitrogen and oxygen atoms in total. The highest BCUT2D eigenvalue weighted by molar-refractivity contribution is 5.96. The van der Waals surface area contributed by atoms with E-state index in [2.05, 4.69) is 16.4 Å². The molecule has 0 atom stereocenters. The molecule has 3 heteroatoms. The SMILES string of the molecule is N#CCc1ccc(NC2=NCCC2)cc1. The van der Waals surface area contributed by atoms with Crippen molar-refractivity contribution >= 4 is 11.5 Å². The Morgan fingerprint density at radius 2 is 2.13 bits per heavy atom. The molecule has 2 rings (SSSR count). The summed E-state index contributed by atoms with van der Waals surface area (Å²) in [4.78, 5) is 4.34. The van der Waals surface area contributed by atoms with E-state index in [0.717, 1.165) is 36.5 Å². The van der Waals surface area contributed by atoms with Crippen LogP contribution in [0.1, 0.15) is 18.4 Å². The molecular formula is C12H13N3. The molecule has 0 aliphatic carbocycles. The molecule has 0 saturated carbocycles. The number of benzene rings is 1. The van der Waals surface area contributed by atoms with Crippen LogP contribution in [0.4, 0.5) is 5.69 Å². The van der Waals surface area contributed by atoms with Gasteiger partial charge in [0.25, 0.3) is 0 Å². The van der Waals surface area contributed by atoms with Crippen LogP contribution in [-0.2, 0) is 6.42 Å². The molecule has 0 bridgehead atoms. The summed E-state index contributed by atoms with van der Waals surface area (Å²) in [5.41, 5.74) is 2.11. The molecule has 15 heavy (non-hydrogen) atoms. The Morgan fingerprint density at radius 1 is 1.33 bits per heavy atom. The zero-order chi connectivity index (χ0) is 10.5. The molecule has 0 spiro atoms. The Labute approximate surface area is 89.5 Å². The van der Waals surface area contributed by atoms with Crippen molar-refractivity contribution in [3.05, 3.63) is 29.8 Å². The third-order valence-electron chi connectivity index (χ3n) is 2.40. The van der Waals surface area contributed by atoms with Gasteiger partial charge in [-0.2, -0.15) is 5.26 Å². The average molecular weight is 199 g/mol. The minimum Gasteiger partial charge on any atom is -0.344 e. The van der Waals surface area contributed by atoms with Gasteiger partial charge < -0.3 is 5.32 Å². The summed E-state index contributed by atoms with van der Waals surface area (Å²) in [5.74, 6) is 1.07. The Bertz CT molecular complexity index is 398. The topological polar surface area (TPSA) is 48.2 Å². The lowest BCUT2D eigenvalue weighted by molar-refractivity contribution is 0.951. The molecule has 0 saturated heterocycles. The van der Waals surface area contributed by atoms with Gasteiger partial charge in [-0.3, -0.25) is 4.99 Å². The van der Waals surface area contributed by atoms with Gasteiger partial charge in [0.1, 0.15) is 5.84 Å². The predicted octanol–water partition coefficient (Wildman–Crippen LogP) is 2.36. The van der Waals surface area contributed by atoms with Gasteiger partial charge in [0.15, 0.2) is 0 Å². The lowest BCUT2D eigenvalue weighted by atomic mass is 10.1. The summed E-state index contributed by atoms with van der Waals surface area (Å²) >= 11 is 0. The van der Waals surface area contributed by atoms with Crippen molar-refractivity contribution in [2.45, 2.75) is 19.3 Å². The smallest absolute Gasteiger partial charge is 0.101 e. The van der Waals surface area contributed by atoms with E-state index in [4.69, 9.17) is 5.26 Å². The van der Waals surface area contributed by atoms with Crippen LogP contribution < -0.4 is 5.32 Å². The Balaban J connectivity index is 2.01. The minimum atomic E-state index is 0.473. The zero-order valence-electron chi connectivity index (χ0n) is 8.53. The zero-order valence-corrected chi connectivity index (χ0v) is 8.53. The van der Waals surface area contributed by atoms with Gasteiger partial charge in [-0.1, -0.05) is 12.1 Å². The van der Waals surface area contributed by atoms with Crippen LogP contribution in [0.15, 0.2) is 29.3 Å². The molecule has 0 unspecified atom stereocenters. The van der Waals surface area contributed by atoms with Gasteiger partial charge in [-0.15, -0.1) is 0 Å². The van der Waals surface area contributed by atoms with Crippen LogP contribution in [0.5, 0.6) is 0 Å². The number of aliphatic imine (C=N–C) groups is 1. The summed E-state index contributed by atoms with van der Waals surface area (Å²) in [6, 6.07) is 10.1.